The van der Waals surface area contributed by atoms with Gasteiger partial charge in [0.25, 0.3) is 0 Å². The van der Waals surface area contributed by atoms with Crippen molar-refractivity contribution in [1.29, 1.82) is 0 Å². The summed E-state index contributed by atoms with van der Waals surface area (Å²) in [5, 5.41) is 14.8. The van der Waals surface area contributed by atoms with E-state index in [0.29, 0.717) is 0 Å². The molecule has 0 bridgehead atoms. The van der Waals surface area contributed by atoms with Crippen LogP contribution in [0.4, 0.5) is 0 Å². The molecule has 1 saturated carbocycles. The number of hydrogen-bond acceptors (Lipinski definition) is 5. The van der Waals surface area contributed by atoms with Crippen LogP contribution in [-0.4, -0.2) is 71.3 Å². The largest absolute Gasteiger partial charge is 0.497 e. The minimum atomic E-state index is -1.82. The molecule has 1 aliphatic carbocycles. The van der Waals surface area contributed by atoms with Crippen molar-refractivity contribution in [3.05, 3.63) is 29.8 Å². The number of nitrogens with zero attached hydrogens (tertiary/aromatic N) is 2. The van der Waals surface area contributed by atoms with E-state index in [9.17, 15) is 0 Å². The van der Waals surface area contributed by atoms with E-state index in [4.69, 9.17) is 24.5 Å². The molecule has 156 valence electrons. The molecule has 0 unspecified atom stereocenters. The van der Waals surface area contributed by atoms with Crippen LogP contribution >= 0.6 is 0 Å². The first-order valence-corrected chi connectivity index (χ1v) is 9.94. The molecule has 1 heterocycles. The molecule has 2 aliphatic rings. The zero-order valence-electron chi connectivity index (χ0n) is 16.8. The van der Waals surface area contributed by atoms with Crippen molar-refractivity contribution >= 4 is 11.9 Å². The second kappa shape index (κ2) is 11.0. The molecule has 1 saturated heterocycles. The Morgan fingerprint density at radius 2 is 1.50 bits per heavy atom. The summed E-state index contributed by atoms with van der Waals surface area (Å²) in [7, 11) is 1.72. The van der Waals surface area contributed by atoms with Gasteiger partial charge in [-0.05, 0) is 49.3 Å². The van der Waals surface area contributed by atoms with Crippen molar-refractivity contribution in [2.75, 3.05) is 33.3 Å². The molecule has 1 aromatic carbocycles. The van der Waals surface area contributed by atoms with Crippen molar-refractivity contribution in [1.82, 2.24) is 9.80 Å². The number of carboxylic acids is 2. The molecule has 0 aromatic heterocycles. The fraction of sp³-hybridized carbons (Fsp3) is 0.619. The minimum Gasteiger partial charge on any atom is -0.497 e. The highest BCUT2D eigenvalue weighted by molar-refractivity contribution is 6.27. The zero-order chi connectivity index (χ0) is 20.5. The number of carboxylic acid groups (broad SMARTS) is 2. The van der Waals surface area contributed by atoms with Gasteiger partial charge in [0.05, 0.1) is 7.11 Å². The number of aliphatic carboxylic acids is 2. The lowest BCUT2D eigenvalue weighted by atomic mass is 9.86. The number of carbonyl (C=O) groups is 2. The third-order valence-electron chi connectivity index (χ3n) is 5.66. The van der Waals surface area contributed by atoms with E-state index in [1.165, 1.54) is 57.4 Å². The van der Waals surface area contributed by atoms with Gasteiger partial charge in [-0.25, -0.2) is 9.59 Å². The molecular weight excluding hydrogens is 360 g/mol. The average Bonchev–Trinajstić information content (AvgIpc) is 2.70. The molecule has 7 nitrogen and oxygen atoms in total. The Hall–Kier alpha value is -2.12. The topological polar surface area (TPSA) is 90.3 Å². The number of rotatable bonds is 4. The monoisotopic (exact) mass is 392 g/mol. The van der Waals surface area contributed by atoms with Gasteiger partial charge >= 0.3 is 11.9 Å². The van der Waals surface area contributed by atoms with E-state index >= 15 is 0 Å². The predicted octanol–water partition coefficient (Wildman–Crippen LogP) is 2.55. The van der Waals surface area contributed by atoms with Gasteiger partial charge < -0.3 is 14.9 Å². The van der Waals surface area contributed by atoms with Crippen LogP contribution in [0.2, 0.25) is 0 Å². The van der Waals surface area contributed by atoms with Crippen LogP contribution in [-0.2, 0) is 16.1 Å². The van der Waals surface area contributed by atoms with E-state index in [-0.39, 0.29) is 0 Å². The molecule has 0 amide bonds. The summed E-state index contributed by atoms with van der Waals surface area (Å²) in [4.78, 5) is 23.5. The minimum absolute atomic E-state index is 0.860. The van der Waals surface area contributed by atoms with Crippen LogP contribution in [0, 0.1) is 5.92 Å². The Balaban J connectivity index is 0.000000409. The Kier molecular flexibility index (Phi) is 8.73. The molecule has 2 fully saturated rings. The molecule has 3 rings (SSSR count). The van der Waals surface area contributed by atoms with Gasteiger partial charge in [0.2, 0.25) is 0 Å². The first-order chi connectivity index (χ1) is 13.4. The molecule has 1 aliphatic heterocycles. The molecule has 0 radical (unpaired) electrons. The molecule has 28 heavy (non-hydrogen) atoms. The van der Waals surface area contributed by atoms with Gasteiger partial charge in [-0.2, -0.15) is 0 Å². The van der Waals surface area contributed by atoms with Gasteiger partial charge in [0, 0.05) is 38.8 Å². The van der Waals surface area contributed by atoms with E-state index in [0.717, 1.165) is 24.3 Å². The average molecular weight is 392 g/mol. The fourth-order valence-corrected chi connectivity index (χ4v) is 3.88. The van der Waals surface area contributed by atoms with E-state index in [1.807, 2.05) is 0 Å². The Morgan fingerprint density at radius 1 is 0.964 bits per heavy atom. The maximum Gasteiger partial charge on any atom is 0.414 e. The Morgan fingerprint density at radius 3 is 1.96 bits per heavy atom. The molecule has 0 atom stereocenters. The van der Waals surface area contributed by atoms with Crippen LogP contribution in [0.15, 0.2) is 24.3 Å². The summed E-state index contributed by atoms with van der Waals surface area (Å²) >= 11 is 0. The molecular formula is C21H32N2O5. The highest BCUT2D eigenvalue weighted by atomic mass is 16.5. The number of methoxy groups -OCH3 is 1. The first kappa shape index (κ1) is 22.2. The molecule has 2 N–H and O–H groups in total. The molecule has 7 heteroatoms. The van der Waals surface area contributed by atoms with Crippen molar-refractivity contribution in [2.24, 2.45) is 5.92 Å². The van der Waals surface area contributed by atoms with Crippen molar-refractivity contribution in [2.45, 2.75) is 45.2 Å². The summed E-state index contributed by atoms with van der Waals surface area (Å²) < 4.78 is 5.23. The standard InChI is InChI=1S/C19H30N2O.C2H2O4/c1-16-3-7-18(8-4-16)21-13-11-20(12-14-21)15-17-5-9-19(22-2)10-6-17;3-1(4)2(5)6/h5-6,9-10,16,18H,3-4,7-8,11-15H2,1-2H3;(H,3,4)(H,5,6). The smallest absolute Gasteiger partial charge is 0.414 e. The van der Waals surface area contributed by atoms with Gasteiger partial charge in [-0.3, -0.25) is 9.80 Å². The summed E-state index contributed by atoms with van der Waals surface area (Å²) in [5.74, 6) is -1.75. The Bertz CT molecular complexity index is 606. The fourth-order valence-electron chi connectivity index (χ4n) is 3.88. The van der Waals surface area contributed by atoms with Gasteiger partial charge in [0.1, 0.15) is 5.75 Å². The predicted molar refractivity (Wildman–Crippen MR) is 107 cm³/mol. The SMILES string of the molecule is COc1ccc(CN2CCN(C3CCC(C)CC3)CC2)cc1.O=C(O)C(=O)O. The van der Waals surface area contributed by atoms with Gasteiger partial charge in [-0.15, -0.1) is 0 Å². The van der Waals surface area contributed by atoms with Crippen molar-refractivity contribution in [3.63, 3.8) is 0 Å². The number of ether oxygens (including phenoxy) is 1. The van der Waals surface area contributed by atoms with Crippen LogP contribution in [0.5, 0.6) is 5.75 Å². The summed E-state index contributed by atoms with van der Waals surface area (Å²) in [6.45, 7) is 8.38. The van der Waals surface area contributed by atoms with Gasteiger partial charge in [0.15, 0.2) is 0 Å². The molecule has 1 aromatic rings. The normalized spacial score (nSPS) is 23.4. The summed E-state index contributed by atoms with van der Waals surface area (Å²) in [6, 6.07) is 9.37. The van der Waals surface area contributed by atoms with Crippen molar-refractivity contribution < 1.29 is 24.5 Å². The highest BCUT2D eigenvalue weighted by Gasteiger charge is 2.26. The maximum atomic E-state index is 9.10. The lowest BCUT2D eigenvalue weighted by Crippen LogP contribution is -2.50. The third kappa shape index (κ3) is 7.13. The second-order valence-corrected chi connectivity index (χ2v) is 7.68. The van der Waals surface area contributed by atoms with Gasteiger partial charge in [-0.1, -0.05) is 19.1 Å². The van der Waals surface area contributed by atoms with Crippen molar-refractivity contribution in [3.8, 4) is 5.75 Å². The van der Waals surface area contributed by atoms with Crippen LogP contribution in [0.3, 0.4) is 0 Å². The van der Waals surface area contributed by atoms with E-state index in [2.05, 4.69) is 41.0 Å². The maximum absolute atomic E-state index is 9.10. The third-order valence-corrected chi connectivity index (χ3v) is 5.66. The van der Waals surface area contributed by atoms with E-state index < -0.39 is 11.9 Å². The Labute approximate surface area is 166 Å². The number of benzene rings is 1. The van der Waals surface area contributed by atoms with Crippen LogP contribution in [0.1, 0.15) is 38.2 Å². The summed E-state index contributed by atoms with van der Waals surface area (Å²) in [5.41, 5.74) is 1.39. The first-order valence-electron chi connectivity index (χ1n) is 9.94. The quantitative estimate of drug-likeness (QED) is 0.761. The van der Waals surface area contributed by atoms with E-state index in [1.54, 1.807) is 7.11 Å². The van der Waals surface area contributed by atoms with Crippen LogP contribution in [0.25, 0.3) is 0 Å². The zero-order valence-corrected chi connectivity index (χ0v) is 16.8. The second-order valence-electron chi connectivity index (χ2n) is 7.68. The molecule has 0 spiro atoms. The number of hydrogen-bond donors (Lipinski definition) is 2. The van der Waals surface area contributed by atoms with Crippen LogP contribution < -0.4 is 4.74 Å². The highest BCUT2D eigenvalue weighted by Crippen LogP contribution is 2.27. The lowest BCUT2D eigenvalue weighted by molar-refractivity contribution is -0.159. The number of piperazine rings is 1. The lowest BCUT2D eigenvalue weighted by Gasteiger charge is -2.41. The summed E-state index contributed by atoms with van der Waals surface area (Å²) in [6.07, 6.45) is 5.69.